The molecule has 1 rings (SSSR count). The van der Waals surface area contributed by atoms with E-state index in [-0.39, 0.29) is 6.07 Å². The lowest BCUT2D eigenvalue weighted by Crippen LogP contribution is -2.23. The van der Waals surface area contributed by atoms with E-state index in [0.29, 0.717) is 0 Å². The van der Waals surface area contributed by atoms with Gasteiger partial charge in [-0.3, -0.25) is 0 Å². The second-order valence-corrected chi connectivity index (χ2v) is 3.12. The minimum absolute atomic E-state index is 0.250. The predicted octanol–water partition coefficient (Wildman–Crippen LogP) is 2.04. The number of alkyl halides is 6. The normalized spacial score (nSPS) is 12.6. The molecule has 4 nitrogen and oxygen atoms in total. The molecular weight excluding hydrogens is 268 g/mol. The first-order chi connectivity index (χ1) is 8.04. The summed E-state index contributed by atoms with van der Waals surface area (Å²) < 4.78 is 77.1. The molecule has 4 N–H and O–H groups in total. The Morgan fingerprint density at radius 1 is 1.17 bits per heavy atom. The molecular formula is C8H7F6N3O. The Kier molecular flexibility index (Phi) is 3.60. The lowest BCUT2D eigenvalue weighted by molar-refractivity contribution is -0.276. The summed E-state index contributed by atoms with van der Waals surface area (Å²) in [7, 11) is 0. The highest BCUT2D eigenvalue weighted by Gasteiger charge is 2.41. The minimum atomic E-state index is -5.29. The number of hydrogen-bond acceptors (Lipinski definition) is 4. The maximum Gasteiger partial charge on any atom is 0.573 e. The number of rotatable bonds is 2. The first-order valence-electron chi connectivity index (χ1n) is 4.37. The topological polar surface area (TPSA) is 74.2 Å². The van der Waals surface area contributed by atoms with Gasteiger partial charge in [-0.25, -0.2) is 4.98 Å². The summed E-state index contributed by atoms with van der Waals surface area (Å²) in [5.74, 6) is -2.08. The van der Waals surface area contributed by atoms with Crippen LogP contribution in [0, 0.1) is 0 Å². The molecule has 0 amide bonds. The first-order valence-corrected chi connectivity index (χ1v) is 4.37. The summed E-state index contributed by atoms with van der Waals surface area (Å²) in [5.41, 5.74) is 7.68. The van der Waals surface area contributed by atoms with Crippen molar-refractivity contribution < 1.29 is 31.1 Å². The van der Waals surface area contributed by atoms with Crippen LogP contribution < -0.4 is 16.2 Å². The van der Waals surface area contributed by atoms with E-state index in [0.717, 1.165) is 0 Å². The third kappa shape index (κ3) is 3.39. The van der Waals surface area contributed by atoms with Crippen LogP contribution in [0.3, 0.4) is 0 Å². The van der Waals surface area contributed by atoms with Gasteiger partial charge in [-0.05, 0) is 6.07 Å². The SMILES string of the molecule is NCc1nc(N)cc(C(F)(F)F)c1OC(F)(F)F. The number of nitrogens with two attached hydrogens (primary N) is 2. The van der Waals surface area contributed by atoms with E-state index in [1.54, 1.807) is 0 Å². The van der Waals surface area contributed by atoms with E-state index >= 15 is 0 Å². The summed E-state index contributed by atoms with van der Waals surface area (Å²) in [5, 5.41) is 0. The van der Waals surface area contributed by atoms with Crippen molar-refractivity contribution in [1.82, 2.24) is 4.98 Å². The zero-order chi connectivity index (χ0) is 14.1. The Hall–Kier alpha value is -1.71. The van der Waals surface area contributed by atoms with Crippen molar-refractivity contribution in [3.63, 3.8) is 0 Å². The van der Waals surface area contributed by atoms with Gasteiger partial charge in [0.25, 0.3) is 0 Å². The van der Waals surface area contributed by atoms with Gasteiger partial charge in [0.15, 0.2) is 5.75 Å². The molecule has 0 spiro atoms. The largest absolute Gasteiger partial charge is 0.573 e. The zero-order valence-electron chi connectivity index (χ0n) is 8.56. The number of ether oxygens (including phenoxy) is 1. The fourth-order valence-electron chi connectivity index (χ4n) is 1.19. The maximum atomic E-state index is 12.5. The monoisotopic (exact) mass is 275 g/mol. The summed E-state index contributed by atoms with van der Waals surface area (Å²) in [4.78, 5) is 3.28. The molecule has 0 aliphatic carbocycles. The number of pyridine rings is 1. The molecule has 0 aliphatic heterocycles. The highest BCUT2D eigenvalue weighted by atomic mass is 19.4. The summed E-state index contributed by atoms with van der Waals surface area (Å²) >= 11 is 0. The minimum Gasteiger partial charge on any atom is -0.403 e. The second-order valence-electron chi connectivity index (χ2n) is 3.12. The molecule has 0 aliphatic rings. The fourth-order valence-corrected chi connectivity index (χ4v) is 1.19. The summed E-state index contributed by atoms with van der Waals surface area (Å²) in [6, 6.07) is 0.250. The molecule has 0 radical (unpaired) electrons. The standard InChI is InChI=1S/C8H7F6N3O/c9-7(10,11)3-1-5(16)17-4(2-15)6(3)18-8(12,13)14/h1H,2,15H2,(H2,16,17). The first kappa shape index (κ1) is 14.4. The molecule has 102 valence electrons. The van der Waals surface area contributed by atoms with E-state index in [1.807, 2.05) is 0 Å². The summed E-state index contributed by atoms with van der Waals surface area (Å²) in [6.07, 6.45) is -10.4. The van der Waals surface area contributed by atoms with Gasteiger partial charge in [0, 0.05) is 6.54 Å². The molecule has 0 unspecified atom stereocenters. The Morgan fingerprint density at radius 2 is 1.72 bits per heavy atom. The molecule has 0 saturated heterocycles. The predicted molar refractivity (Wildman–Crippen MR) is 48.2 cm³/mol. The van der Waals surface area contributed by atoms with Crippen LogP contribution in [0.4, 0.5) is 32.2 Å². The average molecular weight is 275 g/mol. The van der Waals surface area contributed by atoms with Gasteiger partial charge in [-0.1, -0.05) is 0 Å². The Balaban J connectivity index is 3.43. The zero-order valence-corrected chi connectivity index (χ0v) is 8.56. The van der Waals surface area contributed by atoms with Crippen LogP contribution in [-0.4, -0.2) is 11.3 Å². The van der Waals surface area contributed by atoms with Crippen LogP contribution in [0.15, 0.2) is 6.07 Å². The maximum absolute atomic E-state index is 12.5. The lowest BCUT2D eigenvalue weighted by Gasteiger charge is -2.18. The van der Waals surface area contributed by atoms with E-state index in [1.165, 1.54) is 0 Å². The van der Waals surface area contributed by atoms with E-state index in [4.69, 9.17) is 11.5 Å². The average Bonchev–Trinajstić information content (AvgIpc) is 2.16. The van der Waals surface area contributed by atoms with Crippen molar-refractivity contribution in [3.05, 3.63) is 17.3 Å². The Bertz CT molecular complexity index is 442. The van der Waals surface area contributed by atoms with Crippen LogP contribution in [0.2, 0.25) is 0 Å². The Morgan fingerprint density at radius 3 is 2.11 bits per heavy atom. The molecule has 10 heteroatoms. The second kappa shape index (κ2) is 4.52. The summed E-state index contributed by atoms with van der Waals surface area (Å²) in [6.45, 7) is -0.681. The van der Waals surface area contributed by atoms with Gasteiger partial charge in [0.1, 0.15) is 11.4 Å². The number of hydrogen-bond donors (Lipinski definition) is 2. The molecule has 0 atom stereocenters. The fraction of sp³-hybridized carbons (Fsp3) is 0.375. The number of nitrogen functional groups attached to an aromatic ring is 1. The van der Waals surface area contributed by atoms with Gasteiger partial charge < -0.3 is 16.2 Å². The molecule has 0 fully saturated rings. The van der Waals surface area contributed by atoms with E-state index in [9.17, 15) is 26.3 Å². The van der Waals surface area contributed by atoms with Gasteiger partial charge in [0.2, 0.25) is 0 Å². The van der Waals surface area contributed by atoms with Gasteiger partial charge >= 0.3 is 12.5 Å². The smallest absolute Gasteiger partial charge is 0.403 e. The van der Waals surface area contributed by atoms with Crippen LogP contribution in [0.25, 0.3) is 0 Å². The van der Waals surface area contributed by atoms with Crippen LogP contribution in [0.5, 0.6) is 5.75 Å². The molecule has 1 heterocycles. The van der Waals surface area contributed by atoms with Crippen molar-refractivity contribution >= 4 is 5.82 Å². The highest BCUT2D eigenvalue weighted by Crippen LogP contribution is 2.40. The molecule has 18 heavy (non-hydrogen) atoms. The number of halogens is 6. The molecule has 0 bridgehead atoms. The van der Waals surface area contributed by atoms with E-state index < -0.39 is 41.9 Å². The van der Waals surface area contributed by atoms with Crippen molar-refractivity contribution in [1.29, 1.82) is 0 Å². The Labute approximate surface area is 96.5 Å². The molecule has 0 aromatic carbocycles. The number of nitrogens with zero attached hydrogens (tertiary/aromatic N) is 1. The van der Waals surface area contributed by atoms with Crippen molar-refractivity contribution in [3.8, 4) is 5.75 Å². The van der Waals surface area contributed by atoms with Crippen molar-refractivity contribution in [2.45, 2.75) is 19.1 Å². The van der Waals surface area contributed by atoms with Crippen molar-refractivity contribution in [2.75, 3.05) is 5.73 Å². The number of anilines is 1. The van der Waals surface area contributed by atoms with Crippen molar-refractivity contribution in [2.24, 2.45) is 5.73 Å². The quantitative estimate of drug-likeness (QED) is 0.810. The molecule has 1 aromatic heterocycles. The third-order valence-corrected chi connectivity index (χ3v) is 1.78. The third-order valence-electron chi connectivity index (χ3n) is 1.78. The van der Waals surface area contributed by atoms with Crippen LogP contribution in [0.1, 0.15) is 11.3 Å². The van der Waals surface area contributed by atoms with Gasteiger partial charge in [-0.15, -0.1) is 13.2 Å². The van der Waals surface area contributed by atoms with E-state index in [2.05, 4.69) is 9.72 Å². The molecule has 1 aromatic rings. The lowest BCUT2D eigenvalue weighted by atomic mass is 10.2. The van der Waals surface area contributed by atoms with Gasteiger partial charge in [-0.2, -0.15) is 13.2 Å². The van der Waals surface area contributed by atoms with Gasteiger partial charge in [0.05, 0.1) is 5.69 Å². The highest BCUT2D eigenvalue weighted by molar-refractivity contribution is 5.47. The van der Waals surface area contributed by atoms with Crippen LogP contribution in [-0.2, 0) is 12.7 Å². The van der Waals surface area contributed by atoms with Crippen LogP contribution >= 0.6 is 0 Å². The molecule has 0 saturated carbocycles. The number of aromatic nitrogens is 1.